The maximum Gasteiger partial charge on any atom is 0.260 e. The maximum atomic E-state index is 13.7. The number of hydrogen-bond donors (Lipinski definition) is 0. The van der Waals surface area contributed by atoms with E-state index in [9.17, 15) is 17.2 Å². The molecule has 2 heterocycles. The molecule has 4 rings (SSSR count). The molecule has 3 aromatic rings. The van der Waals surface area contributed by atoms with E-state index < -0.39 is 15.8 Å². The Labute approximate surface area is 185 Å². The van der Waals surface area contributed by atoms with Crippen LogP contribution < -0.4 is 0 Å². The molecule has 30 heavy (non-hydrogen) atoms. The van der Waals surface area contributed by atoms with Gasteiger partial charge in [0.2, 0.25) is 9.84 Å². The van der Waals surface area contributed by atoms with E-state index in [4.69, 9.17) is 11.6 Å². The Hall–Kier alpha value is -1.80. The highest BCUT2D eigenvalue weighted by Gasteiger charge is 2.35. The van der Waals surface area contributed by atoms with Gasteiger partial charge in [-0.25, -0.2) is 17.2 Å². The van der Waals surface area contributed by atoms with Crippen LogP contribution in [0.1, 0.15) is 18.4 Å². The van der Waals surface area contributed by atoms with E-state index in [1.807, 2.05) is 6.07 Å². The number of likely N-dealkylation sites (tertiary alicyclic amines) is 1. The van der Waals surface area contributed by atoms with Crippen molar-refractivity contribution in [2.45, 2.75) is 35.1 Å². The van der Waals surface area contributed by atoms with E-state index in [1.165, 1.54) is 30.5 Å². The summed E-state index contributed by atoms with van der Waals surface area (Å²) in [4.78, 5) is 6.31. The van der Waals surface area contributed by atoms with Gasteiger partial charge in [-0.3, -0.25) is 9.88 Å². The van der Waals surface area contributed by atoms with Gasteiger partial charge >= 0.3 is 0 Å². The smallest absolute Gasteiger partial charge is 0.260 e. The van der Waals surface area contributed by atoms with Crippen molar-refractivity contribution in [3.63, 3.8) is 0 Å². The van der Waals surface area contributed by atoms with Crippen LogP contribution in [0, 0.1) is 0 Å². The fraction of sp³-hybridized carbons (Fsp3) is 0.286. The van der Waals surface area contributed by atoms with Crippen molar-refractivity contribution < 1.29 is 17.2 Å². The highest BCUT2D eigenvalue weighted by Crippen LogP contribution is 2.29. The summed E-state index contributed by atoms with van der Waals surface area (Å²) in [6.07, 6.45) is 1.69. The van der Waals surface area contributed by atoms with Crippen LogP contribution in [0.4, 0.5) is 8.78 Å². The van der Waals surface area contributed by atoms with Gasteiger partial charge < -0.3 is 0 Å². The summed E-state index contributed by atoms with van der Waals surface area (Å²) < 4.78 is 53.2. The van der Waals surface area contributed by atoms with Crippen molar-refractivity contribution in [2.75, 3.05) is 13.1 Å². The molecule has 1 aromatic heterocycles. The second-order valence-corrected chi connectivity index (χ2v) is 9.67. The molecular weight excluding hydrogens is 453 g/mol. The first-order valence-corrected chi connectivity index (χ1v) is 11.1. The highest BCUT2D eigenvalue weighted by molar-refractivity contribution is 7.91. The third kappa shape index (κ3) is 4.75. The largest absolute Gasteiger partial charge is 0.293 e. The van der Waals surface area contributed by atoms with Crippen LogP contribution >= 0.6 is 24.0 Å². The molecule has 1 fully saturated rings. The van der Waals surface area contributed by atoms with Crippen LogP contribution in [0.5, 0.6) is 0 Å². The van der Waals surface area contributed by atoms with Crippen LogP contribution in [-0.4, -0.2) is 37.3 Å². The fourth-order valence-electron chi connectivity index (χ4n) is 3.65. The summed E-state index contributed by atoms with van der Waals surface area (Å²) in [7, 11) is -3.73. The van der Waals surface area contributed by atoms with Gasteiger partial charge in [0.25, 0.3) is 5.92 Å². The molecule has 9 heteroatoms. The Morgan fingerprint density at radius 1 is 1.10 bits per heavy atom. The van der Waals surface area contributed by atoms with Crippen molar-refractivity contribution in [3.05, 3.63) is 65.3 Å². The number of rotatable bonds is 4. The molecule has 0 aliphatic carbocycles. The number of sulfone groups is 1. The average Bonchev–Trinajstić information content (AvgIpc) is 2.67. The van der Waals surface area contributed by atoms with Crippen LogP contribution in [0.15, 0.2) is 64.5 Å². The molecule has 0 amide bonds. The normalized spacial score (nSPS) is 16.9. The number of pyridine rings is 1. The van der Waals surface area contributed by atoms with Gasteiger partial charge in [0.1, 0.15) is 0 Å². The molecule has 1 saturated heterocycles. The van der Waals surface area contributed by atoms with E-state index in [1.54, 1.807) is 23.1 Å². The summed E-state index contributed by atoms with van der Waals surface area (Å²) in [5.74, 6) is -2.67. The molecule has 0 spiro atoms. The van der Waals surface area contributed by atoms with Gasteiger partial charge in [0.15, 0.2) is 0 Å². The van der Waals surface area contributed by atoms with Crippen molar-refractivity contribution >= 4 is 44.7 Å². The summed E-state index contributed by atoms with van der Waals surface area (Å²) in [6.45, 7) is 0.685. The predicted octanol–water partition coefficient (Wildman–Crippen LogP) is 5.37. The van der Waals surface area contributed by atoms with E-state index in [0.717, 1.165) is 5.56 Å². The summed E-state index contributed by atoms with van der Waals surface area (Å²) >= 11 is 5.84. The van der Waals surface area contributed by atoms with Crippen molar-refractivity contribution in [2.24, 2.45) is 0 Å². The number of nitrogens with zero attached hydrogens (tertiary/aromatic N) is 2. The predicted molar refractivity (Wildman–Crippen MR) is 115 cm³/mol. The molecule has 0 atom stereocenters. The molecule has 0 radical (unpaired) electrons. The molecule has 0 bridgehead atoms. The minimum absolute atomic E-state index is 0. The first kappa shape index (κ1) is 22.9. The Morgan fingerprint density at radius 3 is 2.53 bits per heavy atom. The fourth-order valence-corrected chi connectivity index (χ4v) is 5.02. The Morgan fingerprint density at radius 2 is 1.83 bits per heavy atom. The number of piperidine rings is 1. The summed E-state index contributed by atoms with van der Waals surface area (Å²) in [5, 5.41) is 1.11. The number of benzene rings is 2. The van der Waals surface area contributed by atoms with Gasteiger partial charge in [-0.05, 0) is 48.9 Å². The average molecular weight is 473 g/mol. The van der Waals surface area contributed by atoms with E-state index in [0.29, 0.717) is 35.4 Å². The SMILES string of the molecule is Cl.O=S(=O)(c1ccc(Cl)cc1)c1cnc2c(CN3CCCC(F)(F)C3)cccc2c1. The monoisotopic (exact) mass is 472 g/mol. The van der Waals surface area contributed by atoms with Crippen molar-refractivity contribution in [1.29, 1.82) is 0 Å². The lowest BCUT2D eigenvalue weighted by molar-refractivity contribution is -0.0660. The molecule has 0 N–H and O–H groups in total. The molecular formula is C21H20Cl2F2N2O2S. The summed E-state index contributed by atoms with van der Waals surface area (Å²) in [6, 6.07) is 12.9. The Kier molecular flexibility index (Phi) is 6.67. The number of para-hydroxylation sites is 1. The minimum Gasteiger partial charge on any atom is -0.293 e. The van der Waals surface area contributed by atoms with E-state index >= 15 is 0 Å². The second-order valence-electron chi connectivity index (χ2n) is 7.29. The lowest BCUT2D eigenvalue weighted by atomic mass is 10.0. The van der Waals surface area contributed by atoms with Crippen molar-refractivity contribution in [1.82, 2.24) is 9.88 Å². The second kappa shape index (κ2) is 8.75. The quantitative estimate of drug-likeness (QED) is 0.511. The van der Waals surface area contributed by atoms with Gasteiger partial charge in [-0.15, -0.1) is 12.4 Å². The van der Waals surface area contributed by atoms with Gasteiger partial charge in [-0.2, -0.15) is 0 Å². The van der Waals surface area contributed by atoms with Gasteiger partial charge in [0.05, 0.1) is 21.9 Å². The molecule has 160 valence electrons. The Bertz CT molecular complexity index is 1160. The molecule has 2 aromatic carbocycles. The lowest BCUT2D eigenvalue weighted by Gasteiger charge is -2.32. The maximum absolute atomic E-state index is 13.7. The van der Waals surface area contributed by atoms with E-state index in [-0.39, 0.29) is 35.2 Å². The first-order valence-electron chi connectivity index (χ1n) is 9.23. The zero-order chi connectivity index (χ0) is 20.6. The first-order chi connectivity index (χ1) is 13.7. The van der Waals surface area contributed by atoms with Crippen LogP contribution in [-0.2, 0) is 16.4 Å². The third-order valence-electron chi connectivity index (χ3n) is 5.07. The van der Waals surface area contributed by atoms with Crippen molar-refractivity contribution in [3.8, 4) is 0 Å². The molecule has 1 aliphatic heterocycles. The Balaban J connectivity index is 0.00000256. The summed E-state index contributed by atoms with van der Waals surface area (Å²) in [5.41, 5.74) is 1.42. The number of fused-ring (bicyclic) bond motifs is 1. The lowest BCUT2D eigenvalue weighted by Crippen LogP contribution is -2.42. The van der Waals surface area contributed by atoms with Crippen LogP contribution in [0.25, 0.3) is 10.9 Å². The zero-order valence-corrected chi connectivity index (χ0v) is 18.3. The van der Waals surface area contributed by atoms with Gasteiger partial charge in [0, 0.05) is 29.6 Å². The zero-order valence-electron chi connectivity index (χ0n) is 15.9. The molecule has 1 aliphatic rings. The topological polar surface area (TPSA) is 50.3 Å². The number of hydrogen-bond acceptors (Lipinski definition) is 4. The molecule has 0 unspecified atom stereocenters. The van der Waals surface area contributed by atoms with Gasteiger partial charge in [-0.1, -0.05) is 29.8 Å². The highest BCUT2D eigenvalue weighted by atomic mass is 35.5. The number of alkyl halides is 2. The van der Waals surface area contributed by atoms with E-state index in [2.05, 4.69) is 4.98 Å². The van der Waals surface area contributed by atoms with Crippen LogP contribution in [0.2, 0.25) is 5.02 Å². The third-order valence-corrected chi connectivity index (χ3v) is 7.06. The van der Waals surface area contributed by atoms with Crippen LogP contribution in [0.3, 0.4) is 0 Å². The standard InChI is InChI=1S/C21H19ClF2N2O2S.ClH/c22-17-5-7-18(8-6-17)29(27,28)19-11-15-3-1-4-16(20(15)25-12-19)13-26-10-2-9-21(23,24)14-26;/h1,3-8,11-12H,2,9-10,13-14H2;1H. The molecule has 0 saturated carbocycles. The number of aromatic nitrogens is 1. The molecule has 4 nitrogen and oxygen atoms in total. The number of halogens is 4. The minimum atomic E-state index is -3.73.